The Morgan fingerprint density at radius 1 is 0.896 bits per heavy atom. The van der Waals surface area contributed by atoms with Crippen LogP contribution in [0.2, 0.25) is 10.0 Å². The van der Waals surface area contributed by atoms with Crippen molar-refractivity contribution in [1.82, 2.24) is 25.2 Å². The molecule has 1 saturated heterocycles. The van der Waals surface area contributed by atoms with E-state index >= 15 is 0 Å². The molecule has 0 radical (unpaired) electrons. The van der Waals surface area contributed by atoms with E-state index in [1.165, 1.54) is 0 Å². The maximum Gasteiger partial charge on any atom is 0.373 e. The lowest BCUT2D eigenvalue weighted by atomic mass is 10.2. The highest BCUT2D eigenvalue weighted by Crippen LogP contribution is 2.26. The molecule has 1 unspecified atom stereocenters. The van der Waals surface area contributed by atoms with Gasteiger partial charge in [0.1, 0.15) is 12.4 Å². The molecule has 1 fully saturated rings. The van der Waals surface area contributed by atoms with Crippen molar-refractivity contribution < 1.29 is 28.3 Å². The van der Waals surface area contributed by atoms with Crippen LogP contribution in [-0.4, -0.2) is 69.1 Å². The molecular weight excluding hydrogens is 728 g/mol. The van der Waals surface area contributed by atoms with E-state index in [9.17, 15) is 9.59 Å². The molecule has 0 saturated carbocycles. The molecule has 1 aliphatic rings. The number of aromatic carboxylic acids is 1. The highest BCUT2D eigenvalue weighted by atomic mass is 35.5. The summed E-state index contributed by atoms with van der Waals surface area (Å²) in [6.07, 6.45) is 3.34. The van der Waals surface area contributed by atoms with Crippen molar-refractivity contribution in [2.24, 2.45) is 0 Å². The molecular formula is C32H32Cl5N5O6. The summed E-state index contributed by atoms with van der Waals surface area (Å²) in [6, 6.07) is 17.5. The summed E-state index contributed by atoms with van der Waals surface area (Å²) < 4.78 is 16.8. The molecule has 6 rings (SSSR count). The van der Waals surface area contributed by atoms with Gasteiger partial charge in [-0.1, -0.05) is 23.2 Å². The van der Waals surface area contributed by atoms with Gasteiger partial charge in [-0.05, 0) is 74.5 Å². The standard InChI is InChI=1S/C21H21ClN4O3.C11H8ClNO3.3ClH/c1-14-19(29-20(25-14)15-4-6-16(22)7-5-15)21(27)26-10-9-24-11-17(26)13-28-18-3-2-8-23-12-18;1-6-9(11(14)15)16-10(13-6)7-2-4-8(12)5-3-7;;;/h2-8,12,17,24H,9-11,13H2,1H3;2-5H,1H3,(H,14,15);3*1H. The number of ether oxygens (including phenoxy) is 1. The third kappa shape index (κ3) is 10.1. The minimum absolute atomic E-state index is 0. The monoisotopic (exact) mass is 757 g/mol. The van der Waals surface area contributed by atoms with Crippen molar-refractivity contribution in [2.75, 3.05) is 26.2 Å². The molecule has 256 valence electrons. The number of nitrogens with zero attached hydrogens (tertiary/aromatic N) is 4. The molecule has 0 bridgehead atoms. The number of nitrogens with one attached hydrogen (secondary N) is 1. The highest BCUT2D eigenvalue weighted by Gasteiger charge is 2.31. The van der Waals surface area contributed by atoms with E-state index < -0.39 is 5.97 Å². The number of aromatic nitrogens is 3. The van der Waals surface area contributed by atoms with Gasteiger partial charge in [0.05, 0.1) is 23.6 Å². The maximum atomic E-state index is 13.2. The number of carbonyl (C=O) groups excluding carboxylic acids is 1. The number of rotatable bonds is 7. The normalized spacial score (nSPS) is 13.5. The summed E-state index contributed by atoms with van der Waals surface area (Å²) in [5.74, 6) is 0.175. The third-order valence-corrected chi connectivity index (χ3v) is 7.36. The Balaban J connectivity index is 0.000000362. The summed E-state index contributed by atoms with van der Waals surface area (Å²) >= 11 is 11.7. The molecule has 2 aromatic carbocycles. The number of benzene rings is 2. The topological polar surface area (TPSA) is 144 Å². The first-order chi connectivity index (χ1) is 21.7. The van der Waals surface area contributed by atoms with Gasteiger partial charge in [-0.2, -0.15) is 0 Å². The molecule has 16 heteroatoms. The van der Waals surface area contributed by atoms with E-state index in [1.54, 1.807) is 67.5 Å². The number of carboxylic acids is 1. The maximum absolute atomic E-state index is 13.2. The van der Waals surface area contributed by atoms with Gasteiger partial charge in [-0.25, -0.2) is 14.8 Å². The fraction of sp³-hybridized carbons (Fsp3) is 0.219. The summed E-state index contributed by atoms with van der Waals surface area (Å²) in [4.78, 5) is 38.3. The minimum Gasteiger partial charge on any atom is -0.490 e. The van der Waals surface area contributed by atoms with Crippen molar-refractivity contribution in [2.45, 2.75) is 19.9 Å². The second-order valence-electron chi connectivity index (χ2n) is 10.0. The van der Waals surface area contributed by atoms with Crippen molar-refractivity contribution in [3.8, 4) is 28.7 Å². The Bertz CT molecular complexity index is 1770. The summed E-state index contributed by atoms with van der Waals surface area (Å²) in [6.45, 7) is 5.65. The molecule has 1 aliphatic heterocycles. The van der Waals surface area contributed by atoms with Crippen molar-refractivity contribution >= 4 is 72.3 Å². The molecule has 11 nitrogen and oxygen atoms in total. The van der Waals surface area contributed by atoms with Gasteiger partial charge in [-0.15, -0.1) is 37.2 Å². The van der Waals surface area contributed by atoms with Crippen LogP contribution in [0.1, 0.15) is 32.5 Å². The second kappa shape index (κ2) is 18.6. The average molecular weight is 760 g/mol. The number of hydrogen-bond acceptors (Lipinski definition) is 9. The Hall–Kier alpha value is -3.84. The third-order valence-electron chi connectivity index (χ3n) is 6.85. The quantitative estimate of drug-likeness (QED) is 0.172. The van der Waals surface area contributed by atoms with Crippen molar-refractivity contribution in [3.63, 3.8) is 0 Å². The van der Waals surface area contributed by atoms with Crippen LogP contribution in [-0.2, 0) is 0 Å². The number of piperazine rings is 1. The molecule has 0 aliphatic carbocycles. The molecule has 1 atom stereocenters. The molecule has 48 heavy (non-hydrogen) atoms. The average Bonchev–Trinajstić information content (AvgIpc) is 3.64. The molecule has 2 N–H and O–H groups in total. The van der Waals surface area contributed by atoms with E-state index in [1.807, 2.05) is 24.3 Å². The smallest absolute Gasteiger partial charge is 0.373 e. The lowest BCUT2D eigenvalue weighted by molar-refractivity contribution is 0.0527. The number of carboxylic acid groups (broad SMARTS) is 1. The van der Waals surface area contributed by atoms with Crippen LogP contribution >= 0.6 is 60.4 Å². The van der Waals surface area contributed by atoms with Crippen LogP contribution in [0.25, 0.3) is 22.9 Å². The Labute approximate surface area is 305 Å². The molecule has 1 amide bonds. The lowest BCUT2D eigenvalue weighted by Crippen LogP contribution is -2.56. The van der Waals surface area contributed by atoms with Crippen LogP contribution in [0.15, 0.2) is 81.9 Å². The van der Waals surface area contributed by atoms with Gasteiger partial charge < -0.3 is 28.9 Å². The van der Waals surface area contributed by atoms with Crippen LogP contribution in [0.3, 0.4) is 0 Å². The fourth-order valence-electron chi connectivity index (χ4n) is 4.55. The number of halogens is 5. The first-order valence-electron chi connectivity index (χ1n) is 13.9. The van der Waals surface area contributed by atoms with E-state index in [4.69, 9.17) is 41.9 Å². The zero-order valence-electron chi connectivity index (χ0n) is 25.6. The SMILES string of the molecule is Cc1nc(-c2ccc(Cl)cc2)oc1C(=O)N1CCNCC1COc1cccnc1.Cc1nc(-c2ccc(Cl)cc2)oc1C(=O)O.Cl.Cl.Cl. The van der Waals surface area contributed by atoms with E-state index in [0.717, 1.165) is 5.56 Å². The Morgan fingerprint density at radius 2 is 1.44 bits per heavy atom. The van der Waals surface area contributed by atoms with Gasteiger partial charge in [0, 0.05) is 47.0 Å². The molecule has 3 aromatic heterocycles. The van der Waals surface area contributed by atoms with Crippen molar-refractivity contribution in [3.05, 3.63) is 106 Å². The van der Waals surface area contributed by atoms with E-state index in [-0.39, 0.29) is 66.6 Å². The fourth-order valence-corrected chi connectivity index (χ4v) is 4.81. The van der Waals surface area contributed by atoms with Crippen LogP contribution in [0.4, 0.5) is 0 Å². The Morgan fingerprint density at radius 3 is 1.94 bits per heavy atom. The largest absolute Gasteiger partial charge is 0.490 e. The zero-order valence-corrected chi connectivity index (χ0v) is 29.6. The number of amides is 1. The zero-order chi connectivity index (χ0) is 31.9. The van der Waals surface area contributed by atoms with Crippen LogP contribution in [0, 0.1) is 13.8 Å². The highest BCUT2D eigenvalue weighted by molar-refractivity contribution is 6.30. The predicted molar refractivity (Wildman–Crippen MR) is 190 cm³/mol. The van der Waals surface area contributed by atoms with Gasteiger partial charge >= 0.3 is 5.97 Å². The first kappa shape index (κ1) is 40.3. The van der Waals surface area contributed by atoms with E-state index in [0.29, 0.717) is 64.9 Å². The minimum atomic E-state index is -1.12. The number of hydrogen-bond donors (Lipinski definition) is 2. The summed E-state index contributed by atoms with van der Waals surface area (Å²) in [5, 5.41) is 13.4. The van der Waals surface area contributed by atoms with Gasteiger partial charge in [0.25, 0.3) is 5.91 Å². The second-order valence-corrected chi connectivity index (χ2v) is 10.9. The van der Waals surface area contributed by atoms with E-state index in [2.05, 4.69) is 20.3 Å². The van der Waals surface area contributed by atoms with Crippen LogP contribution in [0.5, 0.6) is 5.75 Å². The summed E-state index contributed by atoms with van der Waals surface area (Å²) in [7, 11) is 0. The Kier molecular flexibility index (Phi) is 15.7. The van der Waals surface area contributed by atoms with Crippen molar-refractivity contribution in [1.29, 1.82) is 0 Å². The first-order valence-corrected chi connectivity index (χ1v) is 14.7. The summed E-state index contributed by atoms with van der Waals surface area (Å²) in [5.41, 5.74) is 2.39. The lowest BCUT2D eigenvalue weighted by Gasteiger charge is -2.35. The number of aryl methyl sites for hydroxylation is 2. The van der Waals surface area contributed by atoms with Gasteiger partial charge in [0.2, 0.25) is 23.3 Å². The number of carbonyl (C=O) groups is 2. The molecule has 0 spiro atoms. The number of oxazole rings is 2. The molecule has 5 aromatic rings. The van der Waals surface area contributed by atoms with Gasteiger partial charge in [0.15, 0.2) is 0 Å². The van der Waals surface area contributed by atoms with Crippen LogP contribution < -0.4 is 10.1 Å². The molecule has 4 heterocycles. The predicted octanol–water partition coefficient (Wildman–Crippen LogP) is 7.46. The number of pyridine rings is 1. The van der Waals surface area contributed by atoms with Gasteiger partial charge in [-0.3, -0.25) is 9.78 Å².